The Morgan fingerprint density at radius 2 is 1.62 bits per heavy atom. The zero-order chi connectivity index (χ0) is 15.1. The fourth-order valence-corrected chi connectivity index (χ4v) is 3.06. The highest BCUT2D eigenvalue weighted by atomic mass is 79.9. The lowest BCUT2D eigenvalue weighted by Crippen LogP contribution is -2.00. The van der Waals surface area contributed by atoms with Gasteiger partial charge in [0.15, 0.2) is 11.6 Å². The Bertz CT molecular complexity index is 764. The number of benzene rings is 2. The first-order chi connectivity index (χ1) is 9.99. The van der Waals surface area contributed by atoms with E-state index in [-0.39, 0.29) is 27.9 Å². The van der Waals surface area contributed by atoms with E-state index in [1.807, 2.05) is 0 Å². The molecule has 2 aromatic carbocycles. The van der Waals surface area contributed by atoms with Crippen molar-refractivity contribution in [3.8, 4) is 5.75 Å². The maximum absolute atomic E-state index is 12.3. The van der Waals surface area contributed by atoms with Crippen molar-refractivity contribution in [1.29, 1.82) is 0 Å². The number of phenolic OH excluding ortho intramolecular Hbond substituents is 1. The number of allylic oxidation sites excluding steroid dienone is 1. The normalized spacial score (nSPS) is 13.5. The average molecular weight is 364 g/mol. The van der Waals surface area contributed by atoms with Crippen LogP contribution in [0.4, 0.5) is 0 Å². The van der Waals surface area contributed by atoms with Gasteiger partial charge in [0.2, 0.25) is 0 Å². The molecular weight excluding hydrogens is 356 g/mol. The van der Waals surface area contributed by atoms with Crippen LogP contribution in [0.3, 0.4) is 0 Å². The molecule has 1 aliphatic carbocycles. The number of fused-ring (bicyclic) bond motifs is 1. The molecule has 0 aromatic heterocycles. The van der Waals surface area contributed by atoms with Crippen LogP contribution in [0.5, 0.6) is 5.75 Å². The summed E-state index contributed by atoms with van der Waals surface area (Å²) >= 11 is 9.06. The van der Waals surface area contributed by atoms with Crippen LogP contribution in [0, 0.1) is 0 Å². The van der Waals surface area contributed by atoms with Gasteiger partial charge in [0.25, 0.3) is 0 Å². The predicted molar refractivity (Wildman–Crippen MR) is 83.9 cm³/mol. The van der Waals surface area contributed by atoms with Gasteiger partial charge in [-0.05, 0) is 39.7 Å². The summed E-state index contributed by atoms with van der Waals surface area (Å²) in [5, 5.41) is 9.75. The molecule has 0 radical (unpaired) electrons. The maximum atomic E-state index is 12.3. The highest BCUT2D eigenvalue weighted by molar-refractivity contribution is 9.10. The van der Waals surface area contributed by atoms with Gasteiger partial charge < -0.3 is 5.11 Å². The van der Waals surface area contributed by atoms with E-state index in [9.17, 15) is 14.7 Å². The summed E-state index contributed by atoms with van der Waals surface area (Å²) in [6.07, 6.45) is 1.49. The van der Waals surface area contributed by atoms with Crippen LogP contribution < -0.4 is 0 Å². The molecule has 0 atom stereocenters. The minimum atomic E-state index is -0.295. The van der Waals surface area contributed by atoms with Crippen molar-refractivity contribution in [2.45, 2.75) is 0 Å². The lowest BCUT2D eigenvalue weighted by atomic mass is 10.1. The third-order valence-corrected chi connectivity index (χ3v) is 4.15. The van der Waals surface area contributed by atoms with E-state index in [0.29, 0.717) is 21.2 Å². The Balaban J connectivity index is 2.11. The first-order valence-corrected chi connectivity index (χ1v) is 7.24. The molecule has 3 rings (SSSR count). The summed E-state index contributed by atoms with van der Waals surface area (Å²) in [6, 6.07) is 9.81. The number of hydrogen-bond acceptors (Lipinski definition) is 3. The second kappa shape index (κ2) is 5.13. The molecule has 0 aliphatic heterocycles. The van der Waals surface area contributed by atoms with E-state index >= 15 is 0 Å². The van der Waals surface area contributed by atoms with Gasteiger partial charge in [-0.1, -0.05) is 35.9 Å². The van der Waals surface area contributed by atoms with Gasteiger partial charge in [-0.25, -0.2) is 0 Å². The molecular formula is C16H8BrClO3. The Morgan fingerprint density at radius 3 is 2.14 bits per heavy atom. The maximum Gasteiger partial charge on any atom is 0.197 e. The summed E-state index contributed by atoms with van der Waals surface area (Å²) < 4.78 is 0.400. The van der Waals surface area contributed by atoms with Crippen molar-refractivity contribution in [1.82, 2.24) is 0 Å². The second-order valence-corrected chi connectivity index (χ2v) is 5.86. The molecule has 0 spiro atoms. The van der Waals surface area contributed by atoms with Crippen molar-refractivity contribution in [3.63, 3.8) is 0 Å². The number of Topliss-reactive ketones (excluding diaryl/α,β-unsaturated/α-hetero) is 2. The van der Waals surface area contributed by atoms with Gasteiger partial charge in [0.05, 0.1) is 15.1 Å². The molecule has 5 heteroatoms. The number of aromatic hydroxyl groups is 1. The molecule has 21 heavy (non-hydrogen) atoms. The summed E-state index contributed by atoms with van der Waals surface area (Å²) in [4.78, 5) is 24.5. The first kappa shape index (κ1) is 14.0. The Hall–Kier alpha value is -1.91. The van der Waals surface area contributed by atoms with Crippen LogP contribution in [-0.4, -0.2) is 16.7 Å². The molecule has 0 saturated carbocycles. The summed E-state index contributed by atoms with van der Waals surface area (Å²) in [7, 11) is 0. The number of hydrogen-bond donors (Lipinski definition) is 1. The summed E-state index contributed by atoms with van der Waals surface area (Å²) in [5.74, 6) is -0.669. The van der Waals surface area contributed by atoms with Crippen molar-refractivity contribution in [2.75, 3.05) is 0 Å². The van der Waals surface area contributed by atoms with Crippen LogP contribution in [-0.2, 0) is 0 Å². The Morgan fingerprint density at radius 1 is 1.05 bits per heavy atom. The van der Waals surface area contributed by atoms with E-state index in [2.05, 4.69) is 15.9 Å². The van der Waals surface area contributed by atoms with Crippen molar-refractivity contribution in [2.24, 2.45) is 0 Å². The van der Waals surface area contributed by atoms with Crippen LogP contribution in [0.2, 0.25) is 5.02 Å². The number of phenols is 1. The largest absolute Gasteiger partial charge is 0.505 e. The van der Waals surface area contributed by atoms with Gasteiger partial charge in [-0.2, -0.15) is 0 Å². The predicted octanol–water partition coefficient (Wildman–Crippen LogP) is 4.27. The first-order valence-electron chi connectivity index (χ1n) is 6.07. The topological polar surface area (TPSA) is 54.4 Å². The Labute approximate surface area is 134 Å². The lowest BCUT2D eigenvalue weighted by molar-refractivity contribution is 0.0990. The molecule has 1 N–H and O–H groups in total. The van der Waals surface area contributed by atoms with Crippen molar-refractivity contribution < 1.29 is 14.7 Å². The average Bonchev–Trinajstić information content (AvgIpc) is 2.70. The van der Waals surface area contributed by atoms with E-state index < -0.39 is 0 Å². The molecule has 1 aliphatic rings. The molecule has 0 unspecified atom stereocenters. The van der Waals surface area contributed by atoms with E-state index in [4.69, 9.17) is 11.6 Å². The standard InChI is InChI=1S/C16H8BrClO3/c17-12-6-8(7-13(18)16(12)21)5-11-14(19)9-3-1-2-4-10(9)15(11)20/h1-7,21H. The number of ketones is 2. The molecule has 104 valence electrons. The van der Waals surface area contributed by atoms with Crippen molar-refractivity contribution >= 4 is 45.2 Å². The number of rotatable bonds is 1. The molecule has 0 bridgehead atoms. The van der Waals surface area contributed by atoms with Gasteiger partial charge in [0, 0.05) is 11.1 Å². The smallest absolute Gasteiger partial charge is 0.197 e. The van der Waals surface area contributed by atoms with Crippen LogP contribution in [0.1, 0.15) is 26.3 Å². The van der Waals surface area contributed by atoms with E-state index in [0.717, 1.165) is 0 Å². The third kappa shape index (κ3) is 2.30. The minimum absolute atomic E-state index is 0.0776. The van der Waals surface area contributed by atoms with Gasteiger partial charge >= 0.3 is 0 Å². The molecule has 0 heterocycles. The number of carbonyl (C=O) groups excluding carboxylic acids is 2. The fourth-order valence-electron chi connectivity index (χ4n) is 2.24. The van der Waals surface area contributed by atoms with Crippen molar-refractivity contribution in [3.05, 3.63) is 68.2 Å². The van der Waals surface area contributed by atoms with Crippen LogP contribution in [0.25, 0.3) is 6.08 Å². The van der Waals surface area contributed by atoms with E-state index in [1.165, 1.54) is 12.1 Å². The molecule has 0 fully saturated rings. The molecule has 0 saturated heterocycles. The zero-order valence-corrected chi connectivity index (χ0v) is 12.9. The highest BCUT2D eigenvalue weighted by Gasteiger charge is 2.32. The zero-order valence-electron chi connectivity index (χ0n) is 10.6. The molecule has 3 nitrogen and oxygen atoms in total. The Kier molecular flexibility index (Phi) is 3.43. The van der Waals surface area contributed by atoms with E-state index in [1.54, 1.807) is 30.3 Å². The summed E-state index contributed by atoms with van der Waals surface area (Å²) in [5.41, 5.74) is 1.49. The molecule has 0 amide bonds. The molecule has 2 aromatic rings. The van der Waals surface area contributed by atoms with Gasteiger partial charge in [-0.15, -0.1) is 0 Å². The van der Waals surface area contributed by atoms with Gasteiger partial charge in [0.1, 0.15) is 5.75 Å². The lowest BCUT2D eigenvalue weighted by Gasteiger charge is -2.02. The summed E-state index contributed by atoms with van der Waals surface area (Å²) in [6.45, 7) is 0. The fraction of sp³-hybridized carbons (Fsp3) is 0. The SMILES string of the molecule is O=C1C(=Cc2cc(Cl)c(O)c(Br)c2)C(=O)c2ccccc21. The third-order valence-electron chi connectivity index (χ3n) is 3.26. The monoisotopic (exact) mass is 362 g/mol. The van der Waals surface area contributed by atoms with Crippen LogP contribution >= 0.6 is 27.5 Å². The van der Waals surface area contributed by atoms with Crippen LogP contribution in [0.15, 0.2) is 46.4 Å². The second-order valence-electron chi connectivity index (χ2n) is 4.60. The highest BCUT2D eigenvalue weighted by Crippen LogP contribution is 2.35. The minimum Gasteiger partial charge on any atom is -0.505 e. The number of halogens is 2. The van der Waals surface area contributed by atoms with Gasteiger partial charge in [-0.3, -0.25) is 9.59 Å². The quantitative estimate of drug-likeness (QED) is 0.608. The number of carbonyl (C=O) groups is 2.